The highest BCUT2D eigenvalue weighted by atomic mass is 16.5. The molecule has 2 N–H and O–H groups in total. The van der Waals surface area contributed by atoms with Crippen LogP contribution in [0.2, 0.25) is 0 Å². The minimum Gasteiger partial charge on any atom is -0.490 e. The maximum Gasteiger partial charge on any atom is 0.155 e. The zero-order valence-corrected chi connectivity index (χ0v) is 18.4. The van der Waals surface area contributed by atoms with Gasteiger partial charge in [-0.3, -0.25) is 9.89 Å². The summed E-state index contributed by atoms with van der Waals surface area (Å²) >= 11 is 0. The topological polar surface area (TPSA) is 63.2 Å². The van der Waals surface area contributed by atoms with Crippen LogP contribution in [-0.2, 0) is 6.42 Å². The van der Waals surface area contributed by atoms with Crippen molar-refractivity contribution in [3.63, 3.8) is 0 Å². The molecule has 2 aliphatic rings. The zero-order valence-electron chi connectivity index (χ0n) is 18.4. The van der Waals surface area contributed by atoms with E-state index in [1.165, 1.54) is 16.7 Å². The normalized spacial score (nSPS) is 20.5. The summed E-state index contributed by atoms with van der Waals surface area (Å²) in [6.45, 7) is 8.57. The highest BCUT2D eigenvalue weighted by molar-refractivity contribution is 6.18. The van der Waals surface area contributed by atoms with Crippen molar-refractivity contribution in [3.05, 3.63) is 64.7 Å². The number of para-hydroxylation sites is 1. The first-order valence-corrected chi connectivity index (χ1v) is 10.9. The van der Waals surface area contributed by atoms with Crippen molar-refractivity contribution in [2.24, 2.45) is 21.6 Å². The summed E-state index contributed by atoms with van der Waals surface area (Å²) < 4.78 is 6.00. The molecule has 0 spiro atoms. The van der Waals surface area contributed by atoms with E-state index in [4.69, 9.17) is 20.5 Å². The zero-order chi connectivity index (χ0) is 21.3. The molecule has 2 aromatic rings. The fourth-order valence-corrected chi connectivity index (χ4v) is 4.77. The minimum atomic E-state index is 0.120. The fourth-order valence-electron chi connectivity index (χ4n) is 4.77. The number of benzene rings is 2. The number of hydrogen-bond donors (Lipinski definition) is 1. The van der Waals surface area contributed by atoms with E-state index < -0.39 is 0 Å². The first-order chi connectivity index (χ1) is 14.5. The smallest absolute Gasteiger partial charge is 0.155 e. The summed E-state index contributed by atoms with van der Waals surface area (Å²) in [4.78, 5) is 12.2. The Hall–Kier alpha value is -2.50. The molecule has 30 heavy (non-hydrogen) atoms. The van der Waals surface area contributed by atoms with Gasteiger partial charge in [0.25, 0.3) is 0 Å². The van der Waals surface area contributed by atoms with E-state index in [2.05, 4.69) is 43.1 Å². The standard InChI is InChI=1S/C25H32N4O/c1-16(2)30-23-11-6-5-8-20(23)22-15-27-25(28-22)19-10-7-9-18-21(19)14-17(3)24(18)29(4)13-12-26/h5-11,16-17,24H,12-15,26H2,1-4H3/t17-,24-/m1/s1. The summed E-state index contributed by atoms with van der Waals surface area (Å²) in [5.41, 5.74) is 11.8. The Labute approximate surface area is 179 Å². The average molecular weight is 405 g/mol. The second-order valence-corrected chi connectivity index (χ2v) is 8.63. The van der Waals surface area contributed by atoms with E-state index in [1.807, 2.05) is 32.0 Å². The van der Waals surface area contributed by atoms with E-state index in [0.717, 1.165) is 35.8 Å². The Morgan fingerprint density at radius 3 is 2.67 bits per heavy atom. The second kappa shape index (κ2) is 8.70. The molecule has 1 aliphatic heterocycles. The molecule has 0 bridgehead atoms. The fraction of sp³-hybridized carbons (Fsp3) is 0.440. The Morgan fingerprint density at radius 2 is 1.90 bits per heavy atom. The molecule has 4 rings (SSSR count). The predicted octanol–water partition coefficient (Wildman–Crippen LogP) is 3.85. The molecule has 1 aliphatic carbocycles. The van der Waals surface area contributed by atoms with Crippen LogP contribution in [0, 0.1) is 5.92 Å². The summed E-state index contributed by atoms with van der Waals surface area (Å²) in [7, 11) is 2.17. The lowest BCUT2D eigenvalue weighted by Gasteiger charge is -2.28. The van der Waals surface area contributed by atoms with Gasteiger partial charge >= 0.3 is 0 Å². The van der Waals surface area contributed by atoms with Crippen LogP contribution in [0.25, 0.3) is 0 Å². The third-order valence-electron chi connectivity index (χ3n) is 5.97. The van der Waals surface area contributed by atoms with Crippen LogP contribution in [0.5, 0.6) is 5.75 Å². The molecule has 2 aromatic carbocycles. The Kier molecular flexibility index (Phi) is 6.02. The van der Waals surface area contributed by atoms with Crippen molar-refractivity contribution < 1.29 is 4.74 Å². The molecule has 0 fully saturated rings. The summed E-state index contributed by atoms with van der Waals surface area (Å²) in [6, 6.07) is 15.1. The molecular weight excluding hydrogens is 372 g/mol. The monoisotopic (exact) mass is 404 g/mol. The molecule has 0 radical (unpaired) electrons. The predicted molar refractivity (Wildman–Crippen MR) is 124 cm³/mol. The molecule has 158 valence electrons. The maximum atomic E-state index is 6.00. The third kappa shape index (κ3) is 3.92. The van der Waals surface area contributed by atoms with E-state index >= 15 is 0 Å². The van der Waals surface area contributed by atoms with Crippen molar-refractivity contribution in [1.29, 1.82) is 0 Å². The molecule has 2 atom stereocenters. The van der Waals surface area contributed by atoms with Gasteiger partial charge in [-0.25, -0.2) is 4.99 Å². The lowest BCUT2D eigenvalue weighted by atomic mass is 10.0. The van der Waals surface area contributed by atoms with Gasteiger partial charge in [-0.15, -0.1) is 0 Å². The third-order valence-corrected chi connectivity index (χ3v) is 5.97. The van der Waals surface area contributed by atoms with Crippen LogP contribution in [0.3, 0.4) is 0 Å². The molecule has 1 heterocycles. The van der Waals surface area contributed by atoms with Gasteiger partial charge in [0.1, 0.15) is 5.75 Å². The molecule has 0 saturated heterocycles. The lowest BCUT2D eigenvalue weighted by Crippen LogP contribution is -2.31. The van der Waals surface area contributed by atoms with Crippen molar-refractivity contribution in [2.75, 3.05) is 26.7 Å². The summed E-state index contributed by atoms with van der Waals surface area (Å²) in [5.74, 6) is 2.26. The number of fused-ring (bicyclic) bond motifs is 1. The molecule has 0 unspecified atom stereocenters. The first-order valence-electron chi connectivity index (χ1n) is 10.9. The van der Waals surface area contributed by atoms with Gasteiger partial charge in [0.05, 0.1) is 18.4 Å². The summed E-state index contributed by atoms with van der Waals surface area (Å²) in [5, 5.41) is 0. The maximum absolute atomic E-state index is 6.00. The van der Waals surface area contributed by atoms with Gasteiger partial charge in [-0.05, 0) is 56.5 Å². The number of nitrogens with zero attached hydrogens (tertiary/aromatic N) is 3. The van der Waals surface area contributed by atoms with Gasteiger partial charge in [-0.2, -0.15) is 0 Å². The first kappa shape index (κ1) is 20.8. The number of amidine groups is 1. The minimum absolute atomic E-state index is 0.120. The number of ether oxygens (including phenoxy) is 1. The second-order valence-electron chi connectivity index (χ2n) is 8.63. The van der Waals surface area contributed by atoms with Crippen LogP contribution >= 0.6 is 0 Å². The highest BCUT2D eigenvalue weighted by Gasteiger charge is 2.34. The van der Waals surface area contributed by atoms with Crippen molar-refractivity contribution in [1.82, 2.24) is 4.90 Å². The average Bonchev–Trinajstić information content (AvgIpc) is 3.32. The Morgan fingerprint density at radius 1 is 1.13 bits per heavy atom. The Bertz CT molecular complexity index is 979. The van der Waals surface area contributed by atoms with Gasteiger partial charge in [0.2, 0.25) is 0 Å². The van der Waals surface area contributed by atoms with Crippen LogP contribution < -0.4 is 10.5 Å². The number of hydrogen-bond acceptors (Lipinski definition) is 5. The van der Waals surface area contributed by atoms with Gasteiger partial charge in [0, 0.05) is 30.3 Å². The van der Waals surface area contributed by atoms with Crippen LogP contribution in [0.4, 0.5) is 0 Å². The van der Waals surface area contributed by atoms with Crippen LogP contribution in [-0.4, -0.2) is 49.2 Å². The van der Waals surface area contributed by atoms with Gasteiger partial charge in [0.15, 0.2) is 5.84 Å². The van der Waals surface area contributed by atoms with Crippen molar-refractivity contribution in [2.45, 2.75) is 39.3 Å². The SMILES string of the molecule is CC(C)Oc1ccccc1C1=NC(c2cccc3c2C[C@@H](C)[C@H]3N(C)CCN)=NC1. The Balaban J connectivity index is 1.66. The van der Waals surface area contributed by atoms with E-state index in [-0.39, 0.29) is 6.10 Å². The quantitative estimate of drug-likeness (QED) is 0.762. The lowest BCUT2D eigenvalue weighted by molar-refractivity contribution is 0.204. The molecule has 5 nitrogen and oxygen atoms in total. The largest absolute Gasteiger partial charge is 0.490 e. The van der Waals surface area contributed by atoms with Gasteiger partial charge < -0.3 is 10.5 Å². The van der Waals surface area contributed by atoms with E-state index in [9.17, 15) is 0 Å². The van der Waals surface area contributed by atoms with Crippen molar-refractivity contribution in [3.8, 4) is 5.75 Å². The number of rotatable bonds is 7. The van der Waals surface area contributed by atoms with Crippen LogP contribution in [0.1, 0.15) is 49.1 Å². The molecule has 0 amide bonds. The molecule has 0 aromatic heterocycles. The molecule has 0 saturated carbocycles. The van der Waals surface area contributed by atoms with E-state index in [0.29, 0.717) is 25.0 Å². The number of aliphatic imine (C=N–C) groups is 2. The number of likely N-dealkylation sites (N-methyl/N-ethyl adjacent to an activating group) is 1. The van der Waals surface area contributed by atoms with Crippen molar-refractivity contribution >= 4 is 11.5 Å². The van der Waals surface area contributed by atoms with E-state index in [1.54, 1.807) is 0 Å². The summed E-state index contributed by atoms with van der Waals surface area (Å²) in [6.07, 6.45) is 1.16. The highest BCUT2D eigenvalue weighted by Crippen LogP contribution is 2.41. The number of nitrogens with two attached hydrogens (primary N) is 1. The van der Waals surface area contributed by atoms with Crippen LogP contribution in [0.15, 0.2) is 52.4 Å². The molecule has 5 heteroatoms. The molecular formula is C25H32N4O. The van der Waals surface area contributed by atoms with Gasteiger partial charge in [-0.1, -0.05) is 37.3 Å².